The largest absolute Gasteiger partial charge is 0.382 e. The van der Waals surface area contributed by atoms with Gasteiger partial charge >= 0.3 is 0 Å². The van der Waals surface area contributed by atoms with E-state index in [-0.39, 0.29) is 6.04 Å². The number of ether oxygens (including phenoxy) is 1. The van der Waals surface area contributed by atoms with Crippen LogP contribution in [0.15, 0.2) is 64.9 Å². The maximum Gasteiger partial charge on any atom is 0.252 e. The molecule has 0 radical (unpaired) electrons. The van der Waals surface area contributed by atoms with Gasteiger partial charge in [0.15, 0.2) is 0 Å². The Morgan fingerprint density at radius 3 is 2.58 bits per heavy atom. The number of hydrogen-bond acceptors (Lipinski definition) is 6. The molecule has 9 heteroatoms. The maximum absolute atomic E-state index is 13.4. The van der Waals surface area contributed by atoms with E-state index < -0.39 is 22.0 Å². The Morgan fingerprint density at radius 1 is 1.14 bits per heavy atom. The minimum atomic E-state index is -3.60. The number of methoxy groups -OCH3 is 1. The summed E-state index contributed by atoms with van der Waals surface area (Å²) >= 11 is 1.20. The smallest absolute Gasteiger partial charge is 0.252 e. The number of nitrogens with one attached hydrogen (secondary N) is 1. The first-order chi connectivity index (χ1) is 17.3. The second-order valence-electron chi connectivity index (χ2n) is 9.04. The standard InChI is InChI=1S/C27H33N3O4S2/c1-3-6-19-7-4-10-23(17-19)29-22-13-15-30(16-14-22)36(32,33)25-12-11-24(35-25)26(34-2)20-8-5-9-21(18-20)27(28)31/h4-5,7-12,17-18,22,26,29H,3,6,13-16H2,1-2H3,(H2,28,31). The molecule has 4 rings (SSSR count). The number of nitrogens with two attached hydrogens (primary N) is 1. The van der Waals surface area contributed by atoms with Crippen molar-refractivity contribution < 1.29 is 17.9 Å². The molecule has 36 heavy (non-hydrogen) atoms. The number of carbonyl (C=O) groups excluding carboxylic acids is 1. The van der Waals surface area contributed by atoms with Crippen LogP contribution in [0.4, 0.5) is 5.69 Å². The molecule has 1 atom stereocenters. The molecule has 7 nitrogen and oxygen atoms in total. The molecule has 1 aliphatic heterocycles. The van der Waals surface area contributed by atoms with Crippen LogP contribution in [-0.4, -0.2) is 44.9 Å². The molecule has 1 amide bonds. The Hall–Kier alpha value is -2.72. The Balaban J connectivity index is 1.42. The highest BCUT2D eigenvalue weighted by Gasteiger charge is 2.31. The molecule has 1 saturated heterocycles. The van der Waals surface area contributed by atoms with Crippen molar-refractivity contribution in [3.63, 3.8) is 0 Å². The van der Waals surface area contributed by atoms with Crippen LogP contribution >= 0.6 is 11.3 Å². The molecule has 0 bridgehead atoms. The molecule has 0 saturated carbocycles. The van der Waals surface area contributed by atoms with Crippen molar-refractivity contribution in [1.82, 2.24) is 4.31 Å². The van der Waals surface area contributed by atoms with E-state index in [0.717, 1.165) is 41.8 Å². The van der Waals surface area contributed by atoms with Gasteiger partial charge in [0.2, 0.25) is 5.91 Å². The monoisotopic (exact) mass is 527 g/mol. The summed E-state index contributed by atoms with van der Waals surface area (Å²) in [5.74, 6) is -0.521. The summed E-state index contributed by atoms with van der Waals surface area (Å²) in [4.78, 5) is 12.3. The topological polar surface area (TPSA) is 102 Å². The van der Waals surface area contributed by atoms with Crippen LogP contribution in [-0.2, 0) is 21.2 Å². The maximum atomic E-state index is 13.4. The van der Waals surface area contributed by atoms with Gasteiger partial charge in [0, 0.05) is 42.4 Å². The lowest BCUT2D eigenvalue weighted by Gasteiger charge is -2.32. The van der Waals surface area contributed by atoms with Crippen molar-refractivity contribution in [1.29, 1.82) is 0 Å². The van der Waals surface area contributed by atoms with Gasteiger partial charge in [-0.25, -0.2) is 8.42 Å². The average molecular weight is 528 g/mol. The van der Waals surface area contributed by atoms with Gasteiger partial charge in [0.1, 0.15) is 10.3 Å². The fourth-order valence-corrected chi connectivity index (χ4v) is 7.65. The van der Waals surface area contributed by atoms with Crippen molar-refractivity contribution in [2.45, 2.75) is 49.0 Å². The molecule has 0 spiro atoms. The molecular weight excluding hydrogens is 494 g/mol. The number of benzene rings is 2. The molecule has 1 aliphatic rings. The SMILES string of the molecule is CCCc1cccc(NC2CCN(S(=O)(=O)c3ccc(C(OC)c4cccc(C(N)=O)c4)s3)CC2)c1. The molecule has 3 N–H and O–H groups in total. The van der Waals surface area contributed by atoms with Gasteiger partial charge in [-0.2, -0.15) is 4.31 Å². The van der Waals surface area contributed by atoms with E-state index in [1.807, 2.05) is 6.07 Å². The van der Waals surface area contributed by atoms with Crippen LogP contribution in [0.5, 0.6) is 0 Å². The zero-order valence-electron chi connectivity index (χ0n) is 20.6. The Labute approximate surface area is 217 Å². The zero-order chi connectivity index (χ0) is 25.7. The van der Waals surface area contributed by atoms with Gasteiger partial charge in [-0.1, -0.05) is 37.6 Å². The summed E-state index contributed by atoms with van der Waals surface area (Å²) in [7, 11) is -2.04. The van der Waals surface area contributed by atoms with Crippen LogP contribution in [0, 0.1) is 0 Å². The van der Waals surface area contributed by atoms with Crippen molar-refractivity contribution >= 4 is 33.0 Å². The number of aryl methyl sites for hydroxylation is 1. The number of sulfonamides is 1. The van der Waals surface area contributed by atoms with Crippen LogP contribution in [0.25, 0.3) is 0 Å². The molecule has 2 heterocycles. The molecule has 1 fully saturated rings. The molecule has 2 aromatic carbocycles. The predicted octanol–water partition coefficient (Wildman–Crippen LogP) is 4.80. The number of hydrogen-bond donors (Lipinski definition) is 2. The number of thiophene rings is 1. The van der Waals surface area contributed by atoms with Gasteiger partial charge in [-0.3, -0.25) is 4.79 Å². The van der Waals surface area contributed by atoms with Gasteiger partial charge < -0.3 is 15.8 Å². The summed E-state index contributed by atoms with van der Waals surface area (Å²) in [5.41, 5.74) is 8.94. The summed E-state index contributed by atoms with van der Waals surface area (Å²) in [6.07, 6.45) is 3.16. The molecule has 192 valence electrons. The van der Waals surface area contributed by atoms with E-state index in [9.17, 15) is 13.2 Å². The lowest BCUT2D eigenvalue weighted by molar-refractivity contribution is 0.0999. The first-order valence-corrected chi connectivity index (χ1v) is 14.5. The number of primary amides is 1. The summed E-state index contributed by atoms with van der Waals surface area (Å²) < 4.78 is 34.3. The Bertz CT molecular complexity index is 1300. The number of anilines is 1. The van der Waals surface area contributed by atoms with E-state index in [2.05, 4.69) is 36.5 Å². The normalized spacial score (nSPS) is 16.1. The first kappa shape index (κ1) is 26.3. The van der Waals surface area contributed by atoms with E-state index in [4.69, 9.17) is 10.5 Å². The Kier molecular flexibility index (Phi) is 8.46. The van der Waals surface area contributed by atoms with Crippen LogP contribution in [0.1, 0.15) is 58.7 Å². The minimum Gasteiger partial charge on any atom is -0.382 e. The lowest BCUT2D eigenvalue weighted by Crippen LogP contribution is -2.42. The highest BCUT2D eigenvalue weighted by molar-refractivity contribution is 7.91. The minimum absolute atomic E-state index is 0.239. The highest BCUT2D eigenvalue weighted by atomic mass is 32.2. The van der Waals surface area contributed by atoms with Crippen molar-refractivity contribution in [3.05, 3.63) is 82.2 Å². The second kappa shape index (κ2) is 11.6. The van der Waals surface area contributed by atoms with Gasteiger partial charge in [0.05, 0.1) is 0 Å². The van der Waals surface area contributed by atoms with Crippen LogP contribution in [0.3, 0.4) is 0 Å². The molecule has 3 aromatic rings. The first-order valence-electron chi connectivity index (χ1n) is 12.2. The number of rotatable bonds is 10. The number of piperidine rings is 1. The molecule has 1 aromatic heterocycles. The summed E-state index contributed by atoms with van der Waals surface area (Å²) in [6, 6.07) is 19.0. The van der Waals surface area contributed by atoms with Crippen LogP contribution < -0.4 is 11.1 Å². The zero-order valence-corrected chi connectivity index (χ0v) is 22.3. The Morgan fingerprint density at radius 2 is 1.89 bits per heavy atom. The van der Waals surface area contributed by atoms with Gasteiger partial charge in [-0.15, -0.1) is 11.3 Å². The molecular formula is C27H33N3O4S2. The molecule has 1 unspecified atom stereocenters. The third-order valence-corrected chi connectivity index (χ3v) is 9.95. The summed E-state index contributed by atoms with van der Waals surface area (Å²) in [5, 5.41) is 3.58. The van der Waals surface area contributed by atoms with E-state index in [0.29, 0.717) is 22.9 Å². The third-order valence-electron chi connectivity index (χ3n) is 6.45. The second-order valence-corrected chi connectivity index (χ2v) is 12.3. The number of carbonyl (C=O) groups is 1. The molecule has 0 aliphatic carbocycles. The fourth-order valence-electron chi connectivity index (χ4n) is 4.59. The summed E-state index contributed by atoms with van der Waals surface area (Å²) in [6.45, 7) is 3.11. The lowest BCUT2D eigenvalue weighted by atomic mass is 10.0. The van der Waals surface area contributed by atoms with Crippen molar-refractivity contribution in [2.75, 3.05) is 25.5 Å². The average Bonchev–Trinajstić information content (AvgIpc) is 3.36. The number of amides is 1. The van der Waals surface area contributed by atoms with Crippen molar-refractivity contribution in [3.8, 4) is 0 Å². The van der Waals surface area contributed by atoms with Crippen molar-refractivity contribution in [2.24, 2.45) is 5.73 Å². The van der Waals surface area contributed by atoms with Gasteiger partial charge in [0.25, 0.3) is 10.0 Å². The van der Waals surface area contributed by atoms with E-state index in [1.165, 1.54) is 16.9 Å². The quantitative estimate of drug-likeness (QED) is 0.394. The van der Waals surface area contributed by atoms with E-state index in [1.54, 1.807) is 41.7 Å². The van der Waals surface area contributed by atoms with Crippen LogP contribution in [0.2, 0.25) is 0 Å². The van der Waals surface area contributed by atoms with Gasteiger partial charge in [-0.05, 0) is 66.8 Å². The predicted molar refractivity (Wildman–Crippen MR) is 144 cm³/mol. The van der Waals surface area contributed by atoms with E-state index >= 15 is 0 Å². The third kappa shape index (κ3) is 5.98. The highest BCUT2D eigenvalue weighted by Crippen LogP contribution is 2.35. The number of nitrogens with zero attached hydrogens (tertiary/aromatic N) is 1. The fraction of sp³-hybridized carbons (Fsp3) is 0.370.